The number of fused-ring (bicyclic) bond motifs is 1. The zero-order chi connectivity index (χ0) is 18.1. The topological polar surface area (TPSA) is 64.0 Å². The summed E-state index contributed by atoms with van der Waals surface area (Å²) in [6.45, 7) is 1.81. The molecule has 0 aliphatic heterocycles. The molecule has 0 spiro atoms. The molecule has 1 N–H and O–H groups in total. The minimum Gasteiger partial charge on any atom is -0.349 e. The Kier molecular flexibility index (Phi) is 4.29. The smallest absolute Gasteiger partial charge is 0.265 e. The minimum atomic E-state index is -0.101. The third-order valence-corrected chi connectivity index (χ3v) is 5.02. The van der Waals surface area contributed by atoms with Gasteiger partial charge in [-0.1, -0.05) is 25.0 Å². The molecule has 132 valence electrons. The lowest BCUT2D eigenvalue weighted by molar-refractivity contribution is 0.0938. The quantitative estimate of drug-likeness (QED) is 0.790. The maximum absolute atomic E-state index is 12.8. The summed E-state index contributed by atoms with van der Waals surface area (Å²) in [6.07, 6.45) is 4.48. The zero-order valence-corrected chi connectivity index (χ0v) is 14.7. The highest BCUT2D eigenvalue weighted by molar-refractivity contribution is 5.94. The fraction of sp³-hybridized carbons (Fsp3) is 0.286. The second-order valence-electron chi connectivity index (χ2n) is 6.82. The highest BCUT2D eigenvalue weighted by Crippen LogP contribution is 2.18. The number of carbonyl (C=O) groups excluding carboxylic acids is 1. The highest BCUT2D eigenvalue weighted by atomic mass is 16.1. The van der Waals surface area contributed by atoms with Crippen molar-refractivity contribution in [3.05, 3.63) is 70.3 Å². The van der Waals surface area contributed by atoms with E-state index in [0.29, 0.717) is 28.0 Å². The number of aromatic nitrogens is 2. The molecule has 1 heterocycles. The molecule has 5 heteroatoms. The average molecular weight is 347 g/mol. The monoisotopic (exact) mass is 347 g/mol. The highest BCUT2D eigenvalue weighted by Gasteiger charge is 2.18. The maximum Gasteiger partial charge on any atom is 0.265 e. The van der Waals surface area contributed by atoms with Gasteiger partial charge in [-0.15, -0.1) is 0 Å². The molecule has 26 heavy (non-hydrogen) atoms. The van der Waals surface area contributed by atoms with E-state index in [0.717, 1.165) is 12.8 Å². The summed E-state index contributed by atoms with van der Waals surface area (Å²) >= 11 is 0. The lowest BCUT2D eigenvalue weighted by atomic mass is 10.1. The Balaban J connectivity index is 1.66. The Morgan fingerprint density at radius 3 is 2.50 bits per heavy atom. The van der Waals surface area contributed by atoms with Crippen molar-refractivity contribution in [1.29, 1.82) is 0 Å². The van der Waals surface area contributed by atoms with E-state index < -0.39 is 0 Å². The van der Waals surface area contributed by atoms with Gasteiger partial charge in [-0.2, -0.15) is 0 Å². The van der Waals surface area contributed by atoms with Crippen LogP contribution < -0.4 is 10.9 Å². The number of para-hydroxylation sites is 1. The van der Waals surface area contributed by atoms with Crippen LogP contribution in [0, 0.1) is 6.92 Å². The predicted molar refractivity (Wildman–Crippen MR) is 102 cm³/mol. The molecule has 3 aromatic rings. The number of amides is 1. The van der Waals surface area contributed by atoms with E-state index in [-0.39, 0.29) is 17.5 Å². The molecule has 2 aromatic carbocycles. The lowest BCUT2D eigenvalue weighted by Crippen LogP contribution is -2.32. The van der Waals surface area contributed by atoms with Gasteiger partial charge in [0, 0.05) is 11.6 Å². The SMILES string of the molecule is Cc1nc2ccccc2c(=O)n1-c1ccc(C(=O)NC2CCCC2)cc1. The second-order valence-corrected chi connectivity index (χ2v) is 6.82. The van der Waals surface area contributed by atoms with Gasteiger partial charge in [0.2, 0.25) is 0 Å². The van der Waals surface area contributed by atoms with Crippen LogP contribution in [0.4, 0.5) is 0 Å². The summed E-state index contributed by atoms with van der Waals surface area (Å²) in [5.74, 6) is 0.570. The molecular formula is C21H21N3O2. The Hall–Kier alpha value is -2.95. The molecule has 0 saturated heterocycles. The molecule has 1 aromatic heterocycles. The summed E-state index contributed by atoms with van der Waals surface area (Å²) in [7, 11) is 0. The normalized spacial score (nSPS) is 14.7. The molecule has 0 atom stereocenters. The summed E-state index contributed by atoms with van der Waals surface area (Å²) in [4.78, 5) is 29.7. The Morgan fingerprint density at radius 1 is 1.08 bits per heavy atom. The minimum absolute atomic E-state index is 0.0517. The molecule has 1 aliphatic rings. The van der Waals surface area contributed by atoms with Gasteiger partial charge in [0.1, 0.15) is 5.82 Å². The molecule has 1 saturated carbocycles. The van der Waals surface area contributed by atoms with Gasteiger partial charge < -0.3 is 5.32 Å². The van der Waals surface area contributed by atoms with Gasteiger partial charge in [-0.3, -0.25) is 14.2 Å². The number of hydrogen-bond acceptors (Lipinski definition) is 3. The van der Waals surface area contributed by atoms with Gasteiger partial charge in [-0.25, -0.2) is 4.98 Å². The van der Waals surface area contributed by atoms with Gasteiger partial charge in [-0.05, 0) is 56.2 Å². The Bertz CT molecular complexity index is 1020. The first-order chi connectivity index (χ1) is 12.6. The number of hydrogen-bond donors (Lipinski definition) is 1. The van der Waals surface area contributed by atoms with E-state index in [2.05, 4.69) is 10.3 Å². The molecular weight excluding hydrogens is 326 g/mol. The van der Waals surface area contributed by atoms with Crippen molar-refractivity contribution in [3.8, 4) is 5.69 Å². The molecule has 0 bridgehead atoms. The van der Waals surface area contributed by atoms with Crippen LogP contribution in [-0.4, -0.2) is 21.5 Å². The van der Waals surface area contributed by atoms with Crippen LogP contribution in [0.5, 0.6) is 0 Å². The van der Waals surface area contributed by atoms with Crippen molar-refractivity contribution in [1.82, 2.24) is 14.9 Å². The van der Waals surface area contributed by atoms with Crippen molar-refractivity contribution in [3.63, 3.8) is 0 Å². The number of nitrogens with one attached hydrogen (secondary N) is 1. The number of benzene rings is 2. The van der Waals surface area contributed by atoms with Crippen LogP contribution in [0.3, 0.4) is 0 Å². The third kappa shape index (κ3) is 3.01. The Morgan fingerprint density at radius 2 is 1.77 bits per heavy atom. The standard InChI is InChI=1S/C21H21N3O2/c1-14-22-19-9-5-4-8-18(19)21(26)24(14)17-12-10-15(11-13-17)20(25)23-16-6-2-3-7-16/h4-5,8-13,16H,2-3,6-7H2,1H3,(H,23,25). The maximum atomic E-state index is 12.8. The second kappa shape index (κ2) is 6.75. The average Bonchev–Trinajstić information content (AvgIpc) is 3.15. The molecule has 0 unspecified atom stereocenters. The molecule has 1 fully saturated rings. The van der Waals surface area contributed by atoms with Crippen molar-refractivity contribution in [2.75, 3.05) is 0 Å². The summed E-state index contributed by atoms with van der Waals surface area (Å²) in [5.41, 5.74) is 1.92. The van der Waals surface area contributed by atoms with Crippen LogP contribution in [0.1, 0.15) is 41.9 Å². The lowest BCUT2D eigenvalue weighted by Gasteiger charge is -2.13. The van der Waals surface area contributed by atoms with Gasteiger partial charge in [0.15, 0.2) is 0 Å². The summed E-state index contributed by atoms with van der Waals surface area (Å²) in [6, 6.07) is 14.7. The van der Waals surface area contributed by atoms with Crippen LogP contribution >= 0.6 is 0 Å². The number of nitrogens with zero attached hydrogens (tertiary/aromatic N) is 2. The van der Waals surface area contributed by atoms with E-state index >= 15 is 0 Å². The third-order valence-electron chi connectivity index (χ3n) is 5.02. The predicted octanol–water partition coefficient (Wildman–Crippen LogP) is 3.37. The summed E-state index contributed by atoms with van der Waals surface area (Å²) < 4.78 is 1.58. The van der Waals surface area contributed by atoms with Crippen molar-refractivity contribution in [2.45, 2.75) is 38.6 Å². The van der Waals surface area contributed by atoms with Crippen LogP contribution in [0.2, 0.25) is 0 Å². The molecule has 1 amide bonds. The molecule has 1 aliphatic carbocycles. The van der Waals surface area contributed by atoms with Crippen LogP contribution in [-0.2, 0) is 0 Å². The first-order valence-electron chi connectivity index (χ1n) is 9.03. The zero-order valence-electron chi connectivity index (χ0n) is 14.7. The van der Waals surface area contributed by atoms with Gasteiger partial charge in [0.05, 0.1) is 16.6 Å². The van der Waals surface area contributed by atoms with Crippen molar-refractivity contribution >= 4 is 16.8 Å². The van der Waals surface area contributed by atoms with E-state index in [1.807, 2.05) is 25.1 Å². The van der Waals surface area contributed by atoms with E-state index in [4.69, 9.17) is 0 Å². The van der Waals surface area contributed by atoms with Gasteiger partial charge >= 0.3 is 0 Å². The fourth-order valence-corrected chi connectivity index (χ4v) is 3.65. The first-order valence-corrected chi connectivity index (χ1v) is 9.03. The van der Waals surface area contributed by atoms with Crippen molar-refractivity contribution in [2.24, 2.45) is 0 Å². The largest absolute Gasteiger partial charge is 0.349 e. The number of rotatable bonds is 3. The van der Waals surface area contributed by atoms with Gasteiger partial charge in [0.25, 0.3) is 11.5 Å². The first kappa shape index (κ1) is 16.5. The summed E-state index contributed by atoms with van der Waals surface area (Å²) in [5, 5.41) is 3.67. The van der Waals surface area contributed by atoms with Crippen LogP contribution in [0.25, 0.3) is 16.6 Å². The molecule has 5 nitrogen and oxygen atoms in total. The van der Waals surface area contributed by atoms with E-state index in [1.54, 1.807) is 34.9 Å². The van der Waals surface area contributed by atoms with Crippen LogP contribution in [0.15, 0.2) is 53.3 Å². The molecule has 0 radical (unpaired) electrons. The van der Waals surface area contributed by atoms with E-state index in [1.165, 1.54) is 12.8 Å². The Labute approximate surface area is 151 Å². The van der Waals surface area contributed by atoms with Crippen molar-refractivity contribution < 1.29 is 4.79 Å². The van der Waals surface area contributed by atoms with E-state index in [9.17, 15) is 9.59 Å². The number of carbonyl (C=O) groups is 1. The fourth-order valence-electron chi connectivity index (χ4n) is 3.65. The molecule has 4 rings (SSSR count). The number of aryl methyl sites for hydroxylation is 1.